The quantitative estimate of drug-likeness (QED) is 0.534. The smallest absolute Gasteiger partial charge is 0.408 e. The van der Waals surface area contributed by atoms with Crippen LogP contribution in [-0.4, -0.2) is 33.0 Å². The molecule has 3 aromatic rings. The van der Waals surface area contributed by atoms with Crippen molar-refractivity contribution < 1.29 is 27.1 Å². The van der Waals surface area contributed by atoms with Crippen LogP contribution in [0.25, 0.3) is 10.9 Å². The SMILES string of the molecule is CC(C(=O)Nc1ccn(CC(F)(F)F)n1)[C@@H]1[C@@H]2C[C@@H](Oc3ccnc4ccc(F)cc34)C[C@@H]21. The van der Waals surface area contributed by atoms with Gasteiger partial charge >= 0.3 is 6.18 Å². The van der Waals surface area contributed by atoms with Gasteiger partial charge < -0.3 is 10.1 Å². The lowest BCUT2D eigenvalue weighted by Crippen LogP contribution is -2.26. The lowest BCUT2D eigenvalue weighted by atomic mass is 9.97. The number of nitrogens with zero attached hydrogens (tertiary/aromatic N) is 3. The molecule has 1 unspecified atom stereocenters. The minimum atomic E-state index is -4.37. The van der Waals surface area contributed by atoms with Crippen molar-refractivity contribution in [3.63, 3.8) is 0 Å². The van der Waals surface area contributed by atoms with Crippen molar-refractivity contribution >= 4 is 22.6 Å². The number of fused-ring (bicyclic) bond motifs is 2. The molecule has 2 saturated carbocycles. The molecule has 2 aromatic heterocycles. The Labute approximate surface area is 186 Å². The molecule has 1 amide bonds. The topological polar surface area (TPSA) is 69.0 Å². The average Bonchev–Trinajstić information content (AvgIpc) is 3.05. The number of ether oxygens (including phenoxy) is 1. The highest BCUT2D eigenvalue weighted by Gasteiger charge is 2.59. The Bertz CT molecular complexity index is 1180. The van der Waals surface area contributed by atoms with Crippen molar-refractivity contribution in [2.24, 2.45) is 23.7 Å². The summed E-state index contributed by atoms with van der Waals surface area (Å²) in [5, 5.41) is 7.03. The fourth-order valence-electron chi connectivity index (χ4n) is 5.17. The molecule has 0 spiro atoms. The van der Waals surface area contributed by atoms with E-state index in [2.05, 4.69) is 15.4 Å². The zero-order chi connectivity index (χ0) is 23.3. The normalized spacial score (nSPS) is 25.0. The first-order chi connectivity index (χ1) is 15.7. The molecule has 1 aromatic carbocycles. The Hall–Kier alpha value is -3.17. The number of hydrogen-bond donors (Lipinski definition) is 1. The Balaban J connectivity index is 1.16. The lowest BCUT2D eigenvalue weighted by molar-refractivity contribution is -0.142. The van der Waals surface area contributed by atoms with Gasteiger partial charge in [0.1, 0.15) is 18.1 Å². The van der Waals surface area contributed by atoms with Gasteiger partial charge in [0, 0.05) is 29.8 Å². The molecule has 174 valence electrons. The summed E-state index contributed by atoms with van der Waals surface area (Å²) >= 11 is 0. The van der Waals surface area contributed by atoms with Crippen molar-refractivity contribution in [1.82, 2.24) is 14.8 Å². The number of amides is 1. The molecule has 2 aliphatic carbocycles. The van der Waals surface area contributed by atoms with Crippen molar-refractivity contribution in [3.8, 4) is 5.75 Å². The summed E-state index contributed by atoms with van der Waals surface area (Å²) in [6.07, 6.45) is 0.0330. The molecule has 6 nitrogen and oxygen atoms in total. The number of carbonyl (C=O) groups excluding carboxylic acids is 1. The first-order valence-corrected chi connectivity index (χ1v) is 10.8. The van der Waals surface area contributed by atoms with Gasteiger partial charge in [-0.15, -0.1) is 0 Å². The zero-order valence-corrected chi connectivity index (χ0v) is 17.7. The van der Waals surface area contributed by atoms with E-state index in [0.29, 0.717) is 28.5 Å². The van der Waals surface area contributed by atoms with Crippen molar-refractivity contribution in [2.75, 3.05) is 5.32 Å². The summed E-state index contributed by atoms with van der Waals surface area (Å²) < 4.78 is 58.0. The molecule has 0 radical (unpaired) electrons. The van der Waals surface area contributed by atoms with Gasteiger partial charge in [0.25, 0.3) is 0 Å². The number of halogens is 4. The van der Waals surface area contributed by atoms with E-state index in [4.69, 9.17) is 4.74 Å². The Morgan fingerprint density at radius 3 is 2.73 bits per heavy atom. The van der Waals surface area contributed by atoms with E-state index in [-0.39, 0.29) is 35.5 Å². The number of alkyl halides is 3. The van der Waals surface area contributed by atoms with E-state index in [1.165, 1.54) is 24.4 Å². The van der Waals surface area contributed by atoms with Gasteiger partial charge in [-0.1, -0.05) is 6.92 Å². The Morgan fingerprint density at radius 1 is 1.24 bits per heavy atom. The third kappa shape index (κ3) is 4.51. The summed E-state index contributed by atoms with van der Waals surface area (Å²) in [7, 11) is 0. The number of carbonyl (C=O) groups is 1. The van der Waals surface area contributed by atoms with Crippen LogP contribution in [0.4, 0.5) is 23.4 Å². The first kappa shape index (κ1) is 21.7. The molecule has 2 aliphatic rings. The van der Waals surface area contributed by atoms with E-state index in [1.807, 2.05) is 6.92 Å². The highest BCUT2D eigenvalue weighted by Crippen LogP contribution is 2.61. The van der Waals surface area contributed by atoms with Crippen molar-refractivity contribution in [2.45, 2.75) is 38.6 Å². The van der Waals surface area contributed by atoms with Crippen molar-refractivity contribution in [3.05, 3.63) is 48.5 Å². The van der Waals surface area contributed by atoms with Gasteiger partial charge in [-0.05, 0) is 54.9 Å². The second-order valence-electron chi connectivity index (χ2n) is 8.88. The molecular formula is C23H22F4N4O2. The number of benzene rings is 1. The van der Waals surface area contributed by atoms with E-state index in [0.717, 1.165) is 17.5 Å². The number of rotatable bonds is 6. The molecule has 2 fully saturated rings. The van der Waals surface area contributed by atoms with Crippen LogP contribution < -0.4 is 10.1 Å². The van der Waals surface area contributed by atoms with Gasteiger partial charge in [-0.2, -0.15) is 18.3 Å². The lowest BCUT2D eigenvalue weighted by Gasteiger charge is -2.20. The van der Waals surface area contributed by atoms with Gasteiger partial charge in [0.05, 0.1) is 11.6 Å². The Kier molecular flexibility index (Phi) is 5.25. The van der Waals surface area contributed by atoms with Gasteiger partial charge in [-0.25, -0.2) is 4.39 Å². The minimum Gasteiger partial charge on any atom is -0.490 e. The second kappa shape index (κ2) is 8.00. The maximum absolute atomic E-state index is 13.7. The minimum absolute atomic E-state index is 0.0153. The molecule has 10 heteroatoms. The van der Waals surface area contributed by atoms with Crippen molar-refractivity contribution in [1.29, 1.82) is 0 Å². The molecule has 0 saturated heterocycles. The monoisotopic (exact) mass is 462 g/mol. The predicted molar refractivity (Wildman–Crippen MR) is 112 cm³/mol. The van der Waals surface area contributed by atoms with Gasteiger partial charge in [-0.3, -0.25) is 14.5 Å². The number of hydrogen-bond acceptors (Lipinski definition) is 4. The third-order valence-corrected chi connectivity index (χ3v) is 6.65. The van der Waals surface area contributed by atoms with Gasteiger partial charge in [0.2, 0.25) is 5.91 Å². The van der Waals surface area contributed by atoms with E-state index in [9.17, 15) is 22.4 Å². The first-order valence-electron chi connectivity index (χ1n) is 10.8. The highest BCUT2D eigenvalue weighted by atomic mass is 19.4. The van der Waals surface area contributed by atoms with Gasteiger partial charge in [0.15, 0.2) is 5.82 Å². The van der Waals surface area contributed by atoms with Crippen LogP contribution >= 0.6 is 0 Å². The van der Waals surface area contributed by atoms with Crippen LogP contribution in [0.5, 0.6) is 5.75 Å². The largest absolute Gasteiger partial charge is 0.490 e. The average molecular weight is 462 g/mol. The maximum atomic E-state index is 13.7. The third-order valence-electron chi connectivity index (χ3n) is 6.65. The van der Waals surface area contributed by atoms with Crippen LogP contribution in [-0.2, 0) is 11.3 Å². The van der Waals surface area contributed by atoms with Crippen LogP contribution in [0.15, 0.2) is 42.7 Å². The molecule has 0 aliphatic heterocycles. The molecule has 0 bridgehead atoms. The molecule has 1 N–H and O–H groups in total. The maximum Gasteiger partial charge on any atom is 0.408 e. The van der Waals surface area contributed by atoms with E-state index < -0.39 is 12.7 Å². The second-order valence-corrected chi connectivity index (χ2v) is 8.88. The molecule has 33 heavy (non-hydrogen) atoms. The molecular weight excluding hydrogens is 440 g/mol. The van der Waals surface area contributed by atoms with Crippen LogP contribution in [0.2, 0.25) is 0 Å². The standard InChI is InChI=1S/C23H22F4N4O2/c1-12(22(32)29-20-5-7-31(30-20)11-23(25,26)27)21-15-9-14(10-16(15)21)33-19-4-6-28-18-3-2-13(24)8-17(18)19/h2-8,12,14-16,21H,9-11H2,1H3,(H,29,30,32)/t12?,14-,15-,16+,21-. The summed E-state index contributed by atoms with van der Waals surface area (Å²) in [6, 6.07) is 7.49. The summed E-state index contributed by atoms with van der Waals surface area (Å²) in [4.78, 5) is 16.8. The van der Waals surface area contributed by atoms with Crippen LogP contribution in [0.1, 0.15) is 19.8 Å². The summed E-state index contributed by atoms with van der Waals surface area (Å²) in [5.41, 5.74) is 0.665. The number of anilines is 1. The highest BCUT2D eigenvalue weighted by molar-refractivity contribution is 5.92. The molecule has 2 heterocycles. The number of pyridine rings is 1. The number of nitrogens with one attached hydrogen (secondary N) is 1. The predicted octanol–water partition coefficient (Wildman–Crippen LogP) is 4.81. The van der Waals surface area contributed by atoms with Crippen LogP contribution in [0, 0.1) is 29.5 Å². The van der Waals surface area contributed by atoms with E-state index in [1.54, 1.807) is 18.3 Å². The summed E-state index contributed by atoms with van der Waals surface area (Å²) in [5.74, 6) is 0.727. The zero-order valence-electron chi connectivity index (χ0n) is 17.7. The Morgan fingerprint density at radius 2 is 2.00 bits per heavy atom. The number of aromatic nitrogens is 3. The molecule has 5 atom stereocenters. The summed E-state index contributed by atoms with van der Waals surface area (Å²) in [6.45, 7) is 0.631. The fraction of sp³-hybridized carbons (Fsp3) is 0.435. The van der Waals surface area contributed by atoms with E-state index >= 15 is 0 Å². The fourth-order valence-corrected chi connectivity index (χ4v) is 5.17. The van der Waals surface area contributed by atoms with Crippen LogP contribution in [0.3, 0.4) is 0 Å². The molecule has 5 rings (SSSR count).